The van der Waals surface area contributed by atoms with Gasteiger partial charge in [-0.2, -0.15) is 0 Å². The van der Waals surface area contributed by atoms with Crippen LogP contribution in [0.5, 0.6) is 0 Å². The van der Waals surface area contributed by atoms with Crippen molar-refractivity contribution in [2.45, 2.75) is 39.0 Å². The summed E-state index contributed by atoms with van der Waals surface area (Å²) in [6, 6.07) is 12.5. The Labute approximate surface area is 187 Å². The Morgan fingerprint density at radius 3 is 2.69 bits per heavy atom. The van der Waals surface area contributed by atoms with Crippen molar-refractivity contribution >= 4 is 32.9 Å². The van der Waals surface area contributed by atoms with E-state index >= 15 is 0 Å². The number of benzene rings is 2. The van der Waals surface area contributed by atoms with Crippen molar-refractivity contribution in [3.8, 4) is 0 Å². The highest BCUT2D eigenvalue weighted by molar-refractivity contribution is 7.91. The number of carboxylic acid groups (broad SMARTS) is 1. The van der Waals surface area contributed by atoms with E-state index in [1.165, 1.54) is 0 Å². The molecule has 0 amide bonds. The maximum absolute atomic E-state index is 12.6. The average Bonchev–Trinajstić information content (AvgIpc) is 3.32. The number of hydrogen-bond donors (Lipinski definition) is 2. The highest BCUT2D eigenvalue weighted by Crippen LogP contribution is 2.40. The molecular formula is C24H25NO6S. The first-order chi connectivity index (χ1) is 15.3. The van der Waals surface area contributed by atoms with Crippen LogP contribution in [-0.4, -0.2) is 42.8 Å². The minimum absolute atomic E-state index is 0.00498. The van der Waals surface area contributed by atoms with Crippen LogP contribution in [0.25, 0.3) is 11.3 Å². The molecule has 1 heterocycles. The third-order valence-electron chi connectivity index (χ3n) is 5.94. The first-order valence-corrected chi connectivity index (χ1v) is 12.4. The van der Waals surface area contributed by atoms with Crippen molar-refractivity contribution in [1.82, 2.24) is 5.32 Å². The lowest BCUT2D eigenvalue weighted by atomic mass is 9.99. The minimum Gasteiger partial charge on any atom is -0.487 e. The SMILES string of the molecule is CCS(=O)(=O)CCC(NCc1ccc2c(c1)CO/C2=C1/C(=O)Cc2ccccc21)C(=O)O. The lowest BCUT2D eigenvalue weighted by Gasteiger charge is -2.15. The molecule has 1 atom stereocenters. The zero-order valence-corrected chi connectivity index (χ0v) is 18.6. The van der Waals surface area contributed by atoms with Crippen LogP contribution >= 0.6 is 0 Å². The van der Waals surface area contributed by atoms with Crippen molar-refractivity contribution in [3.05, 3.63) is 70.3 Å². The third kappa shape index (κ3) is 4.47. The van der Waals surface area contributed by atoms with E-state index in [9.17, 15) is 23.1 Å². The summed E-state index contributed by atoms with van der Waals surface area (Å²) in [7, 11) is -3.23. The van der Waals surface area contributed by atoms with Crippen LogP contribution in [0, 0.1) is 0 Å². The summed E-state index contributed by atoms with van der Waals surface area (Å²) in [6.07, 6.45) is 0.386. The van der Waals surface area contributed by atoms with E-state index in [2.05, 4.69) is 5.32 Å². The highest BCUT2D eigenvalue weighted by atomic mass is 32.2. The van der Waals surface area contributed by atoms with Gasteiger partial charge in [0, 0.05) is 29.8 Å². The van der Waals surface area contributed by atoms with Crippen molar-refractivity contribution < 1.29 is 27.9 Å². The predicted molar refractivity (Wildman–Crippen MR) is 120 cm³/mol. The average molecular weight is 456 g/mol. The second kappa shape index (κ2) is 8.88. The molecular weight excluding hydrogens is 430 g/mol. The molecule has 0 saturated heterocycles. The molecule has 2 aromatic carbocycles. The molecule has 0 bridgehead atoms. The molecule has 2 aromatic rings. The number of rotatable bonds is 8. The lowest BCUT2D eigenvalue weighted by Crippen LogP contribution is -2.37. The summed E-state index contributed by atoms with van der Waals surface area (Å²) in [5.41, 5.74) is 5.21. The van der Waals surface area contributed by atoms with E-state index in [1.807, 2.05) is 42.5 Å². The fraction of sp³-hybridized carbons (Fsp3) is 0.333. The second-order valence-electron chi connectivity index (χ2n) is 8.04. The molecule has 0 radical (unpaired) electrons. The van der Waals surface area contributed by atoms with Gasteiger partial charge in [-0.3, -0.25) is 9.59 Å². The van der Waals surface area contributed by atoms with Crippen LogP contribution in [0.4, 0.5) is 0 Å². The van der Waals surface area contributed by atoms with Gasteiger partial charge in [-0.05, 0) is 23.1 Å². The van der Waals surface area contributed by atoms with Crippen molar-refractivity contribution in [2.75, 3.05) is 11.5 Å². The maximum Gasteiger partial charge on any atom is 0.320 e. The number of sulfone groups is 1. The van der Waals surface area contributed by atoms with Crippen LogP contribution in [-0.2, 0) is 43.7 Å². The molecule has 0 spiro atoms. The second-order valence-corrected chi connectivity index (χ2v) is 10.5. The molecule has 0 saturated carbocycles. The zero-order valence-electron chi connectivity index (χ0n) is 17.8. The topological polar surface area (TPSA) is 110 Å². The van der Waals surface area contributed by atoms with Crippen molar-refractivity contribution in [1.29, 1.82) is 0 Å². The Kier molecular flexibility index (Phi) is 6.17. The first-order valence-electron chi connectivity index (χ1n) is 10.6. The smallest absolute Gasteiger partial charge is 0.320 e. The number of hydrogen-bond acceptors (Lipinski definition) is 6. The van der Waals surface area contributed by atoms with Gasteiger partial charge in [0.05, 0.1) is 11.3 Å². The molecule has 1 aliphatic carbocycles. The highest BCUT2D eigenvalue weighted by Gasteiger charge is 2.32. The number of Topliss-reactive ketones (excluding diaryl/α,β-unsaturated/α-hetero) is 1. The fourth-order valence-electron chi connectivity index (χ4n) is 4.11. The monoisotopic (exact) mass is 455 g/mol. The molecule has 0 aromatic heterocycles. The number of carbonyl (C=O) groups is 2. The number of allylic oxidation sites excluding steroid dienone is 1. The van der Waals surface area contributed by atoms with Crippen LogP contribution in [0.1, 0.15) is 41.2 Å². The van der Waals surface area contributed by atoms with Crippen LogP contribution < -0.4 is 5.32 Å². The molecule has 0 fully saturated rings. The van der Waals surface area contributed by atoms with Gasteiger partial charge >= 0.3 is 5.97 Å². The predicted octanol–water partition coefficient (Wildman–Crippen LogP) is 2.58. The molecule has 1 unspecified atom stereocenters. The summed E-state index contributed by atoms with van der Waals surface area (Å²) in [5, 5.41) is 12.4. The third-order valence-corrected chi connectivity index (χ3v) is 7.68. The molecule has 1 aliphatic heterocycles. The van der Waals surface area contributed by atoms with Gasteiger partial charge in [-0.1, -0.05) is 49.4 Å². The van der Waals surface area contributed by atoms with E-state index in [1.54, 1.807) is 6.92 Å². The quantitative estimate of drug-likeness (QED) is 0.589. The molecule has 4 rings (SSSR count). The van der Waals surface area contributed by atoms with Gasteiger partial charge in [0.2, 0.25) is 0 Å². The van der Waals surface area contributed by atoms with Gasteiger partial charge in [0.15, 0.2) is 5.78 Å². The van der Waals surface area contributed by atoms with E-state index in [0.717, 1.165) is 27.8 Å². The Morgan fingerprint density at radius 1 is 1.16 bits per heavy atom. The summed E-state index contributed by atoms with van der Waals surface area (Å²) in [4.78, 5) is 24.2. The van der Waals surface area contributed by atoms with Gasteiger partial charge in [-0.15, -0.1) is 0 Å². The fourth-order valence-corrected chi connectivity index (χ4v) is 4.99. The van der Waals surface area contributed by atoms with Crippen molar-refractivity contribution in [2.24, 2.45) is 0 Å². The number of ether oxygens (including phenoxy) is 1. The minimum atomic E-state index is -3.23. The Morgan fingerprint density at radius 2 is 1.94 bits per heavy atom. The van der Waals surface area contributed by atoms with Crippen molar-refractivity contribution in [3.63, 3.8) is 0 Å². The van der Waals surface area contributed by atoms with Gasteiger partial charge in [-0.25, -0.2) is 8.42 Å². The van der Waals surface area contributed by atoms with Crippen LogP contribution in [0.15, 0.2) is 42.5 Å². The number of fused-ring (bicyclic) bond motifs is 2. The Hall–Kier alpha value is -2.97. The zero-order chi connectivity index (χ0) is 22.9. The summed E-state index contributed by atoms with van der Waals surface area (Å²) < 4.78 is 29.3. The van der Waals surface area contributed by atoms with Gasteiger partial charge < -0.3 is 15.2 Å². The molecule has 2 aliphatic rings. The maximum atomic E-state index is 12.6. The number of carbonyl (C=O) groups excluding carboxylic acids is 1. The largest absolute Gasteiger partial charge is 0.487 e. The van der Waals surface area contributed by atoms with E-state index in [-0.39, 0.29) is 30.3 Å². The van der Waals surface area contributed by atoms with E-state index in [4.69, 9.17) is 4.74 Å². The van der Waals surface area contributed by atoms with Crippen LogP contribution in [0.2, 0.25) is 0 Å². The molecule has 8 heteroatoms. The molecule has 32 heavy (non-hydrogen) atoms. The first kappa shape index (κ1) is 22.2. The number of ketones is 1. The molecule has 2 N–H and O–H groups in total. The van der Waals surface area contributed by atoms with E-state index < -0.39 is 21.8 Å². The number of carboxylic acids is 1. The van der Waals surface area contributed by atoms with E-state index in [0.29, 0.717) is 24.4 Å². The molecule has 168 valence electrons. The molecule has 7 nitrogen and oxygen atoms in total. The summed E-state index contributed by atoms with van der Waals surface area (Å²) in [5.74, 6) is -0.604. The number of aliphatic carboxylic acids is 1. The Bertz CT molecular complexity index is 1210. The van der Waals surface area contributed by atoms with Crippen LogP contribution in [0.3, 0.4) is 0 Å². The normalized spacial score (nSPS) is 18.2. The van der Waals surface area contributed by atoms with Gasteiger partial charge in [0.1, 0.15) is 28.2 Å². The Balaban J connectivity index is 1.51. The van der Waals surface area contributed by atoms with Gasteiger partial charge in [0.25, 0.3) is 0 Å². The lowest BCUT2D eigenvalue weighted by molar-refractivity contribution is -0.139. The standard InChI is InChI=1S/C24H25NO6S/c1-2-32(29,30)10-9-20(24(27)28)25-13-15-7-8-19-17(11-15)14-31-23(19)22-18-6-4-3-5-16(18)12-21(22)26/h3-8,11,20,25H,2,9-10,12-14H2,1H3,(H,27,28)/b23-22+. The summed E-state index contributed by atoms with van der Waals surface area (Å²) >= 11 is 0. The number of nitrogens with one attached hydrogen (secondary N) is 1. The summed E-state index contributed by atoms with van der Waals surface area (Å²) in [6.45, 7) is 2.17.